The molecule has 7 heteroatoms. The second-order valence-corrected chi connectivity index (χ2v) is 5.40. The summed E-state index contributed by atoms with van der Waals surface area (Å²) in [4.78, 5) is 0. The third-order valence-electron chi connectivity index (χ3n) is 2.76. The minimum Gasteiger partial charge on any atom is -0.126 e. The number of hydrogen-bond donors (Lipinski definition) is 0. The van der Waals surface area contributed by atoms with Crippen molar-refractivity contribution in [2.24, 2.45) is 0 Å². The maximum Gasteiger partial charge on any atom is 0.205 e. The molecule has 1 aromatic heterocycles. The molecular formula is C14H7Cl3N4. The molecule has 1 heterocycles. The van der Waals surface area contributed by atoms with Gasteiger partial charge in [0.2, 0.25) is 11.6 Å². The van der Waals surface area contributed by atoms with Crippen molar-refractivity contribution in [3.05, 3.63) is 57.5 Å². The van der Waals surface area contributed by atoms with E-state index in [1.54, 1.807) is 30.3 Å². The normalized spacial score (nSPS) is 10.6. The molecule has 3 aromatic rings. The van der Waals surface area contributed by atoms with E-state index in [0.717, 1.165) is 0 Å². The molecule has 3 rings (SSSR count). The molecule has 0 amide bonds. The highest BCUT2D eigenvalue weighted by Gasteiger charge is 2.11. The van der Waals surface area contributed by atoms with Gasteiger partial charge in [0.15, 0.2) is 0 Å². The van der Waals surface area contributed by atoms with E-state index in [1.807, 2.05) is 12.1 Å². The summed E-state index contributed by atoms with van der Waals surface area (Å²) >= 11 is 18.1. The molecule has 0 atom stereocenters. The van der Waals surface area contributed by atoms with Crippen molar-refractivity contribution in [1.82, 2.24) is 20.4 Å². The summed E-state index contributed by atoms with van der Waals surface area (Å²) in [6, 6.07) is 12.2. The Labute approximate surface area is 135 Å². The van der Waals surface area contributed by atoms with Crippen molar-refractivity contribution in [1.29, 1.82) is 0 Å². The Kier molecular flexibility index (Phi) is 4.01. The fraction of sp³-hybridized carbons (Fsp3) is 0. The summed E-state index contributed by atoms with van der Waals surface area (Å²) in [7, 11) is 0. The van der Waals surface area contributed by atoms with Gasteiger partial charge in [0, 0.05) is 16.1 Å². The molecule has 0 saturated heterocycles. The Hall–Kier alpha value is -1.75. The lowest BCUT2D eigenvalue weighted by Gasteiger charge is -2.04. The number of rotatable bonds is 2. The lowest BCUT2D eigenvalue weighted by atomic mass is 10.2. The molecule has 0 spiro atoms. The lowest BCUT2D eigenvalue weighted by molar-refractivity contribution is 0.876. The molecule has 2 aromatic carbocycles. The van der Waals surface area contributed by atoms with Crippen LogP contribution in [-0.4, -0.2) is 20.4 Å². The van der Waals surface area contributed by atoms with Crippen LogP contribution in [0, 0.1) is 0 Å². The van der Waals surface area contributed by atoms with Crippen LogP contribution in [0.1, 0.15) is 0 Å². The fourth-order valence-electron chi connectivity index (χ4n) is 1.76. The number of benzene rings is 2. The Balaban J connectivity index is 2.02. The predicted molar refractivity (Wildman–Crippen MR) is 83.5 cm³/mol. The van der Waals surface area contributed by atoms with Crippen molar-refractivity contribution in [3.8, 4) is 22.8 Å². The number of halogens is 3. The molecule has 0 aliphatic heterocycles. The van der Waals surface area contributed by atoms with Crippen molar-refractivity contribution in [2.45, 2.75) is 0 Å². The van der Waals surface area contributed by atoms with E-state index in [0.29, 0.717) is 37.8 Å². The molecule has 0 unspecified atom stereocenters. The zero-order valence-electron chi connectivity index (χ0n) is 10.5. The van der Waals surface area contributed by atoms with E-state index in [4.69, 9.17) is 34.8 Å². The van der Waals surface area contributed by atoms with Gasteiger partial charge in [-0.25, -0.2) is 0 Å². The highest BCUT2D eigenvalue weighted by molar-refractivity contribution is 6.35. The SMILES string of the molecule is Clc1ccc(Cl)c(-c2nnc(-c3ccccc3Cl)nn2)c1. The largest absolute Gasteiger partial charge is 0.205 e. The fourth-order valence-corrected chi connectivity index (χ4v) is 2.35. The average Bonchev–Trinajstić information content (AvgIpc) is 2.50. The molecule has 4 nitrogen and oxygen atoms in total. The Morgan fingerprint density at radius 2 is 1.19 bits per heavy atom. The Morgan fingerprint density at radius 1 is 0.619 bits per heavy atom. The van der Waals surface area contributed by atoms with Crippen molar-refractivity contribution in [2.75, 3.05) is 0 Å². The van der Waals surface area contributed by atoms with Crippen LogP contribution >= 0.6 is 34.8 Å². The van der Waals surface area contributed by atoms with Gasteiger partial charge in [0.05, 0.1) is 10.0 Å². The van der Waals surface area contributed by atoms with Crippen LogP contribution in [0.15, 0.2) is 42.5 Å². The van der Waals surface area contributed by atoms with E-state index in [2.05, 4.69) is 20.4 Å². The summed E-state index contributed by atoms with van der Waals surface area (Å²) in [6.45, 7) is 0. The summed E-state index contributed by atoms with van der Waals surface area (Å²) < 4.78 is 0. The van der Waals surface area contributed by atoms with Crippen LogP contribution in [0.25, 0.3) is 22.8 Å². The van der Waals surface area contributed by atoms with E-state index < -0.39 is 0 Å². The number of aromatic nitrogens is 4. The van der Waals surface area contributed by atoms with E-state index >= 15 is 0 Å². The summed E-state index contributed by atoms with van der Waals surface area (Å²) in [5.41, 5.74) is 1.25. The second-order valence-electron chi connectivity index (χ2n) is 4.15. The standard InChI is InChI=1S/C14H7Cl3N4/c15-8-5-6-12(17)10(7-8)14-20-18-13(19-21-14)9-3-1-2-4-11(9)16/h1-7H. The highest BCUT2D eigenvalue weighted by Crippen LogP contribution is 2.28. The summed E-state index contributed by atoms with van der Waals surface area (Å²) in [6.07, 6.45) is 0. The molecule has 0 fully saturated rings. The first-order valence-electron chi connectivity index (χ1n) is 5.93. The third kappa shape index (κ3) is 2.97. The molecule has 104 valence electrons. The van der Waals surface area contributed by atoms with Gasteiger partial charge >= 0.3 is 0 Å². The lowest BCUT2D eigenvalue weighted by Crippen LogP contribution is -2.00. The first-order chi connectivity index (χ1) is 10.1. The zero-order valence-corrected chi connectivity index (χ0v) is 12.7. The van der Waals surface area contributed by atoms with Crippen LogP contribution in [0.2, 0.25) is 15.1 Å². The number of hydrogen-bond acceptors (Lipinski definition) is 4. The molecule has 0 N–H and O–H groups in total. The van der Waals surface area contributed by atoms with Gasteiger partial charge in [0.1, 0.15) is 0 Å². The van der Waals surface area contributed by atoms with Gasteiger partial charge in [-0.2, -0.15) is 0 Å². The topological polar surface area (TPSA) is 51.6 Å². The van der Waals surface area contributed by atoms with E-state index in [-0.39, 0.29) is 0 Å². The molecule has 0 radical (unpaired) electrons. The van der Waals surface area contributed by atoms with Gasteiger partial charge in [-0.1, -0.05) is 46.9 Å². The van der Waals surface area contributed by atoms with Crippen LogP contribution < -0.4 is 0 Å². The predicted octanol–water partition coefficient (Wildman–Crippen LogP) is 4.56. The maximum absolute atomic E-state index is 6.10. The Bertz CT molecular complexity index is 790. The first-order valence-corrected chi connectivity index (χ1v) is 7.06. The summed E-state index contributed by atoms with van der Waals surface area (Å²) in [5, 5.41) is 17.7. The minimum atomic E-state index is 0.304. The minimum absolute atomic E-state index is 0.304. The molecular weight excluding hydrogens is 331 g/mol. The first kappa shape index (κ1) is 14.2. The maximum atomic E-state index is 6.10. The van der Waals surface area contributed by atoms with Crippen molar-refractivity contribution < 1.29 is 0 Å². The van der Waals surface area contributed by atoms with Crippen LogP contribution in [0.4, 0.5) is 0 Å². The molecule has 0 bridgehead atoms. The highest BCUT2D eigenvalue weighted by atomic mass is 35.5. The van der Waals surface area contributed by atoms with Crippen LogP contribution in [-0.2, 0) is 0 Å². The van der Waals surface area contributed by atoms with Crippen LogP contribution in [0.3, 0.4) is 0 Å². The van der Waals surface area contributed by atoms with Gasteiger partial charge in [-0.15, -0.1) is 20.4 Å². The number of nitrogens with zero attached hydrogens (tertiary/aromatic N) is 4. The zero-order chi connectivity index (χ0) is 14.8. The second kappa shape index (κ2) is 5.93. The monoisotopic (exact) mass is 336 g/mol. The smallest absolute Gasteiger partial charge is 0.126 e. The quantitative estimate of drug-likeness (QED) is 0.688. The molecule has 0 aliphatic carbocycles. The van der Waals surface area contributed by atoms with Gasteiger partial charge in [0.25, 0.3) is 0 Å². The third-order valence-corrected chi connectivity index (χ3v) is 3.66. The van der Waals surface area contributed by atoms with Gasteiger partial charge in [-0.3, -0.25) is 0 Å². The Morgan fingerprint density at radius 3 is 1.86 bits per heavy atom. The van der Waals surface area contributed by atoms with E-state index in [9.17, 15) is 0 Å². The molecule has 0 aliphatic rings. The van der Waals surface area contributed by atoms with Crippen LogP contribution in [0.5, 0.6) is 0 Å². The van der Waals surface area contributed by atoms with Gasteiger partial charge in [-0.05, 0) is 30.3 Å². The van der Waals surface area contributed by atoms with E-state index in [1.165, 1.54) is 0 Å². The molecule has 21 heavy (non-hydrogen) atoms. The van der Waals surface area contributed by atoms with Crippen molar-refractivity contribution in [3.63, 3.8) is 0 Å². The van der Waals surface area contributed by atoms with Crippen molar-refractivity contribution >= 4 is 34.8 Å². The average molecular weight is 338 g/mol. The summed E-state index contributed by atoms with van der Waals surface area (Å²) in [5.74, 6) is 0.654. The van der Waals surface area contributed by atoms with Gasteiger partial charge < -0.3 is 0 Å². The molecule has 0 saturated carbocycles.